The molecule has 1 aromatic heterocycles. The van der Waals surface area contributed by atoms with E-state index in [4.69, 9.17) is 0 Å². The predicted octanol–water partition coefficient (Wildman–Crippen LogP) is 16.6. The minimum Gasteiger partial charge on any atom is -0.310 e. The van der Waals surface area contributed by atoms with Crippen molar-refractivity contribution in [1.82, 2.24) is 4.57 Å². The summed E-state index contributed by atoms with van der Waals surface area (Å²) in [5.74, 6) is 0. The van der Waals surface area contributed by atoms with Gasteiger partial charge in [0.2, 0.25) is 0 Å². The van der Waals surface area contributed by atoms with Crippen LogP contribution >= 0.6 is 0 Å². The maximum absolute atomic E-state index is 2.44. The molecular weight excluding hydrogens is 749 g/mol. The van der Waals surface area contributed by atoms with E-state index in [-0.39, 0.29) is 0 Å². The number of nitrogens with zero attached hydrogens (tertiary/aromatic N) is 2. The van der Waals surface area contributed by atoms with Crippen LogP contribution in [0.5, 0.6) is 0 Å². The highest BCUT2D eigenvalue weighted by atomic mass is 15.1. The average Bonchev–Trinajstić information content (AvgIpc) is 3.69. The SMILES string of the molecule is c1ccc(-c2cccc(N(c3cccc(-c4ccc5c6ccccc6n(-c6ccccc6)c5c4)c3)c3ccccc3-c3ccccc3-c3ccccc3-c3ccccc3)c2)cc1. The fraction of sp³-hybridized carbons (Fsp3) is 0. The number of para-hydroxylation sites is 3. The molecule has 10 aromatic carbocycles. The number of rotatable bonds is 9. The molecule has 0 aliphatic carbocycles. The smallest absolute Gasteiger partial charge is 0.0547 e. The third-order valence-corrected chi connectivity index (χ3v) is 12.0. The van der Waals surface area contributed by atoms with Gasteiger partial charge >= 0.3 is 0 Å². The Morgan fingerprint density at radius 1 is 0.258 bits per heavy atom. The molecule has 0 N–H and O–H groups in total. The second-order valence-corrected chi connectivity index (χ2v) is 15.7. The number of hydrogen-bond acceptors (Lipinski definition) is 1. The van der Waals surface area contributed by atoms with Crippen molar-refractivity contribution in [2.45, 2.75) is 0 Å². The maximum atomic E-state index is 2.44. The molecule has 11 aromatic rings. The van der Waals surface area contributed by atoms with Crippen LogP contribution in [-0.4, -0.2) is 4.57 Å². The summed E-state index contributed by atoms with van der Waals surface area (Å²) in [6, 6.07) is 92.1. The van der Waals surface area contributed by atoms with Crippen LogP contribution in [0.1, 0.15) is 0 Å². The molecule has 11 rings (SSSR count). The molecule has 62 heavy (non-hydrogen) atoms. The first-order valence-corrected chi connectivity index (χ1v) is 21.3. The fourth-order valence-corrected chi connectivity index (χ4v) is 9.15. The van der Waals surface area contributed by atoms with E-state index in [2.05, 4.69) is 264 Å². The van der Waals surface area contributed by atoms with Gasteiger partial charge in [0, 0.05) is 33.4 Å². The first-order valence-electron chi connectivity index (χ1n) is 21.3. The summed E-state index contributed by atoms with van der Waals surface area (Å²) < 4.78 is 2.39. The van der Waals surface area contributed by atoms with Gasteiger partial charge in [-0.25, -0.2) is 0 Å². The monoisotopic (exact) mass is 790 g/mol. The van der Waals surface area contributed by atoms with Crippen molar-refractivity contribution in [1.29, 1.82) is 0 Å². The molecule has 0 radical (unpaired) electrons. The molecule has 0 fully saturated rings. The van der Waals surface area contributed by atoms with Crippen LogP contribution in [-0.2, 0) is 0 Å². The minimum absolute atomic E-state index is 1.08. The van der Waals surface area contributed by atoms with E-state index < -0.39 is 0 Å². The minimum atomic E-state index is 1.08. The third kappa shape index (κ3) is 6.74. The van der Waals surface area contributed by atoms with Crippen molar-refractivity contribution in [2.75, 3.05) is 4.90 Å². The molecule has 0 aliphatic heterocycles. The molecule has 0 atom stereocenters. The Hall–Kier alpha value is -8.20. The number of fused-ring (bicyclic) bond motifs is 3. The van der Waals surface area contributed by atoms with Crippen molar-refractivity contribution in [3.8, 4) is 61.3 Å². The van der Waals surface area contributed by atoms with Crippen LogP contribution in [0.3, 0.4) is 0 Å². The summed E-state index contributed by atoms with van der Waals surface area (Å²) in [5, 5.41) is 2.49. The van der Waals surface area contributed by atoms with Gasteiger partial charge in [0.05, 0.1) is 16.7 Å². The van der Waals surface area contributed by atoms with Gasteiger partial charge in [-0.2, -0.15) is 0 Å². The lowest BCUT2D eigenvalue weighted by atomic mass is 9.88. The molecular formula is C60H42N2. The second-order valence-electron chi connectivity index (χ2n) is 15.7. The molecule has 1 heterocycles. The highest BCUT2D eigenvalue weighted by Gasteiger charge is 2.21. The summed E-state index contributed by atoms with van der Waals surface area (Å²) >= 11 is 0. The lowest BCUT2D eigenvalue weighted by molar-refractivity contribution is 1.18. The molecule has 0 amide bonds. The Labute approximate surface area is 362 Å². The number of hydrogen-bond donors (Lipinski definition) is 0. The Kier molecular flexibility index (Phi) is 9.57. The van der Waals surface area contributed by atoms with E-state index >= 15 is 0 Å². The largest absolute Gasteiger partial charge is 0.310 e. The maximum Gasteiger partial charge on any atom is 0.0547 e. The molecule has 0 bridgehead atoms. The molecule has 0 aliphatic rings. The zero-order valence-corrected chi connectivity index (χ0v) is 34.1. The van der Waals surface area contributed by atoms with Gasteiger partial charge in [0.1, 0.15) is 0 Å². The highest BCUT2D eigenvalue weighted by Crippen LogP contribution is 2.46. The van der Waals surface area contributed by atoms with E-state index in [1.54, 1.807) is 0 Å². The van der Waals surface area contributed by atoms with Gasteiger partial charge in [-0.15, -0.1) is 0 Å². The Morgan fingerprint density at radius 2 is 0.710 bits per heavy atom. The molecule has 0 spiro atoms. The summed E-state index contributed by atoms with van der Waals surface area (Å²) in [6.45, 7) is 0. The molecule has 292 valence electrons. The molecule has 0 saturated heterocycles. The first-order chi connectivity index (χ1) is 30.8. The van der Waals surface area contributed by atoms with E-state index in [9.17, 15) is 0 Å². The van der Waals surface area contributed by atoms with Crippen molar-refractivity contribution in [3.05, 3.63) is 255 Å². The van der Waals surface area contributed by atoms with Crippen molar-refractivity contribution >= 4 is 38.9 Å². The topological polar surface area (TPSA) is 8.17 Å². The van der Waals surface area contributed by atoms with Gasteiger partial charge in [-0.05, 0) is 105 Å². The van der Waals surface area contributed by atoms with E-state index in [0.717, 1.165) is 45.0 Å². The molecule has 0 unspecified atom stereocenters. The summed E-state index contributed by atoms with van der Waals surface area (Å²) in [6.07, 6.45) is 0. The number of benzene rings is 10. The zero-order chi connectivity index (χ0) is 41.2. The Balaban J connectivity index is 1.10. The quantitative estimate of drug-likeness (QED) is 0.141. The second kappa shape index (κ2) is 16.1. The number of aromatic nitrogens is 1. The van der Waals surface area contributed by atoms with Crippen molar-refractivity contribution in [2.24, 2.45) is 0 Å². The van der Waals surface area contributed by atoms with Gasteiger partial charge < -0.3 is 9.47 Å². The van der Waals surface area contributed by atoms with E-state index in [1.165, 1.54) is 55.2 Å². The molecule has 2 heteroatoms. The lowest BCUT2D eigenvalue weighted by Crippen LogP contribution is -2.11. The Morgan fingerprint density at radius 3 is 1.39 bits per heavy atom. The zero-order valence-electron chi connectivity index (χ0n) is 34.1. The van der Waals surface area contributed by atoms with E-state index in [1.807, 2.05) is 0 Å². The average molecular weight is 791 g/mol. The molecule has 0 saturated carbocycles. The van der Waals surface area contributed by atoms with E-state index in [0.29, 0.717) is 0 Å². The standard InChI is InChI=1S/C60H42N2/c1-4-20-43(21-5-1)45-24-18-28-49(40-45)61(58-36-16-14-34-55(58)54-33-13-12-32-53(54)52-31-11-10-30-51(52)44-22-6-2-7-23-44)50-29-19-25-46(41-50)47-38-39-57-56-35-15-17-37-59(56)62(60(57)42-47)48-26-8-3-9-27-48/h1-42H. The van der Waals surface area contributed by atoms with Crippen LogP contribution in [0, 0.1) is 0 Å². The van der Waals surface area contributed by atoms with Gasteiger partial charge in [0.25, 0.3) is 0 Å². The van der Waals surface area contributed by atoms with Crippen LogP contribution in [0.15, 0.2) is 255 Å². The summed E-state index contributed by atoms with van der Waals surface area (Å²) in [5.41, 5.74) is 18.6. The highest BCUT2D eigenvalue weighted by molar-refractivity contribution is 6.10. The van der Waals surface area contributed by atoms with Crippen LogP contribution < -0.4 is 4.90 Å². The molecule has 2 nitrogen and oxygen atoms in total. The fourth-order valence-electron chi connectivity index (χ4n) is 9.15. The first kappa shape index (κ1) is 36.8. The predicted molar refractivity (Wildman–Crippen MR) is 263 cm³/mol. The third-order valence-electron chi connectivity index (χ3n) is 12.0. The van der Waals surface area contributed by atoms with Crippen LogP contribution in [0.2, 0.25) is 0 Å². The summed E-state index contributed by atoms with van der Waals surface area (Å²) in [7, 11) is 0. The van der Waals surface area contributed by atoms with Crippen LogP contribution in [0.25, 0.3) is 83.1 Å². The summed E-state index contributed by atoms with van der Waals surface area (Å²) in [4.78, 5) is 2.44. The lowest BCUT2D eigenvalue weighted by Gasteiger charge is -2.29. The normalized spacial score (nSPS) is 11.2. The van der Waals surface area contributed by atoms with Gasteiger partial charge in [-0.1, -0.05) is 200 Å². The number of anilines is 3. The van der Waals surface area contributed by atoms with Crippen LogP contribution in [0.4, 0.5) is 17.1 Å². The van der Waals surface area contributed by atoms with Gasteiger partial charge in [0.15, 0.2) is 0 Å². The van der Waals surface area contributed by atoms with Crippen molar-refractivity contribution in [3.63, 3.8) is 0 Å². The van der Waals surface area contributed by atoms with Crippen molar-refractivity contribution < 1.29 is 0 Å². The Bertz CT molecular complexity index is 3350. The van der Waals surface area contributed by atoms with Gasteiger partial charge in [-0.3, -0.25) is 0 Å².